The highest BCUT2D eigenvalue weighted by molar-refractivity contribution is 9.10. The summed E-state index contributed by atoms with van der Waals surface area (Å²) in [5.41, 5.74) is 1.86. The minimum absolute atomic E-state index is 0.0134. The number of rotatable bonds is 4. The Balaban J connectivity index is 1.47. The van der Waals surface area contributed by atoms with Gasteiger partial charge in [-0.15, -0.1) is 0 Å². The molecule has 1 aromatic carbocycles. The number of alkyl halides is 2. The van der Waals surface area contributed by atoms with Crippen LogP contribution in [0.25, 0.3) is 0 Å². The van der Waals surface area contributed by atoms with E-state index in [0.717, 1.165) is 30.8 Å². The van der Waals surface area contributed by atoms with Crippen LogP contribution in [0.2, 0.25) is 0 Å². The van der Waals surface area contributed by atoms with Crippen LogP contribution in [-0.2, 0) is 0 Å². The lowest BCUT2D eigenvalue weighted by Gasteiger charge is -2.32. The molecule has 2 aliphatic heterocycles. The fraction of sp³-hybridized carbons (Fsp3) is 0.474. The Morgan fingerprint density at radius 1 is 1.04 bits per heavy atom. The predicted octanol–water partition coefficient (Wildman–Crippen LogP) is 3.44. The van der Waals surface area contributed by atoms with E-state index in [1.807, 2.05) is 24.3 Å². The van der Waals surface area contributed by atoms with E-state index in [9.17, 15) is 13.9 Å². The first-order valence-electron chi connectivity index (χ1n) is 9.36. The highest BCUT2D eigenvalue weighted by Gasteiger charge is 2.33. The molecule has 2 N–H and O–H groups in total. The fourth-order valence-corrected chi connectivity index (χ4v) is 3.98. The van der Waals surface area contributed by atoms with Crippen LogP contribution in [0, 0.1) is 0 Å². The Morgan fingerprint density at radius 3 is 2.43 bits per heavy atom. The topological polar surface area (TPSA) is 64.5 Å². The molecule has 150 valence electrons. The van der Waals surface area contributed by atoms with Crippen LogP contribution in [0.1, 0.15) is 12.8 Å². The zero-order valence-electron chi connectivity index (χ0n) is 15.2. The van der Waals surface area contributed by atoms with E-state index >= 15 is 0 Å². The number of β-amino-alcohol motifs (C(OH)–C–C–N with tert-alkyl or cyclic N) is 1. The van der Waals surface area contributed by atoms with Crippen LogP contribution in [0.3, 0.4) is 0 Å². The summed E-state index contributed by atoms with van der Waals surface area (Å²) in [5.74, 6) is 0.828. The quantitative estimate of drug-likeness (QED) is 0.691. The van der Waals surface area contributed by atoms with Gasteiger partial charge in [-0.1, -0.05) is 0 Å². The molecule has 2 aliphatic rings. The molecule has 2 fully saturated rings. The van der Waals surface area contributed by atoms with E-state index in [1.165, 1.54) is 0 Å². The van der Waals surface area contributed by atoms with Gasteiger partial charge in [-0.05, 0) is 53.0 Å². The molecule has 4 rings (SSSR count). The van der Waals surface area contributed by atoms with Crippen LogP contribution in [0.15, 0.2) is 34.9 Å². The average molecular weight is 454 g/mol. The number of halogens is 3. The van der Waals surface area contributed by atoms with Gasteiger partial charge in [-0.3, -0.25) is 0 Å². The Labute approximate surface area is 170 Å². The Bertz CT molecular complexity index is 814. The first kappa shape index (κ1) is 19.3. The highest BCUT2D eigenvalue weighted by atomic mass is 79.9. The van der Waals surface area contributed by atoms with Gasteiger partial charge in [-0.25, -0.2) is 13.8 Å². The van der Waals surface area contributed by atoms with Crippen molar-refractivity contribution in [1.82, 2.24) is 9.97 Å². The number of nitrogens with one attached hydrogen (secondary N) is 1. The van der Waals surface area contributed by atoms with E-state index in [-0.39, 0.29) is 19.2 Å². The van der Waals surface area contributed by atoms with Crippen molar-refractivity contribution in [3.05, 3.63) is 34.9 Å². The maximum atomic E-state index is 13.5. The van der Waals surface area contributed by atoms with Crippen molar-refractivity contribution in [2.75, 3.05) is 41.3 Å². The molecule has 6 nitrogen and oxygen atoms in total. The van der Waals surface area contributed by atoms with Crippen molar-refractivity contribution >= 4 is 39.1 Å². The Morgan fingerprint density at radius 2 is 1.75 bits per heavy atom. The van der Waals surface area contributed by atoms with Crippen molar-refractivity contribution in [2.45, 2.75) is 31.3 Å². The van der Waals surface area contributed by atoms with Gasteiger partial charge in [-0.2, -0.15) is 4.98 Å². The second-order valence-corrected chi connectivity index (χ2v) is 8.04. The summed E-state index contributed by atoms with van der Waals surface area (Å²) in [7, 11) is 0. The third-order valence-electron chi connectivity index (χ3n) is 5.07. The zero-order valence-corrected chi connectivity index (χ0v) is 16.8. The van der Waals surface area contributed by atoms with E-state index in [0.29, 0.717) is 22.9 Å². The van der Waals surface area contributed by atoms with Gasteiger partial charge >= 0.3 is 0 Å². The van der Waals surface area contributed by atoms with Crippen molar-refractivity contribution in [3.8, 4) is 0 Å². The second kappa shape index (κ2) is 8.16. The number of benzene rings is 1. The van der Waals surface area contributed by atoms with Gasteiger partial charge in [0.25, 0.3) is 0 Å². The van der Waals surface area contributed by atoms with Gasteiger partial charge in [0.15, 0.2) is 12.3 Å². The zero-order chi connectivity index (χ0) is 19.7. The monoisotopic (exact) mass is 453 g/mol. The molecular weight excluding hydrogens is 432 g/mol. The lowest BCUT2D eigenvalue weighted by Crippen LogP contribution is -2.38. The first-order chi connectivity index (χ1) is 13.5. The molecule has 2 saturated heterocycles. The highest BCUT2D eigenvalue weighted by Crippen LogP contribution is 2.27. The normalized spacial score (nSPS) is 25.2. The van der Waals surface area contributed by atoms with Crippen molar-refractivity contribution in [2.24, 2.45) is 0 Å². The van der Waals surface area contributed by atoms with Crippen molar-refractivity contribution in [3.63, 3.8) is 0 Å². The Hall–Kier alpha value is -2.00. The summed E-state index contributed by atoms with van der Waals surface area (Å²) < 4.78 is 27.6. The van der Waals surface area contributed by atoms with Crippen LogP contribution >= 0.6 is 15.9 Å². The molecule has 3 atom stereocenters. The largest absolute Gasteiger partial charge is 0.391 e. The summed E-state index contributed by atoms with van der Waals surface area (Å²) in [4.78, 5) is 12.4. The molecule has 28 heavy (non-hydrogen) atoms. The maximum absolute atomic E-state index is 13.5. The third kappa shape index (κ3) is 4.35. The molecule has 0 bridgehead atoms. The molecule has 0 aliphatic carbocycles. The minimum Gasteiger partial charge on any atom is -0.391 e. The molecule has 0 radical (unpaired) electrons. The number of aromatic nitrogens is 2. The molecule has 0 amide bonds. The minimum atomic E-state index is -1.49. The molecule has 3 heterocycles. The third-order valence-corrected chi connectivity index (χ3v) is 5.48. The fourth-order valence-electron chi connectivity index (χ4n) is 3.61. The molecule has 0 spiro atoms. The summed E-state index contributed by atoms with van der Waals surface area (Å²) in [6, 6.07) is 9.47. The number of hydrogen-bond acceptors (Lipinski definition) is 6. The van der Waals surface area contributed by atoms with Crippen LogP contribution < -0.4 is 15.1 Å². The van der Waals surface area contributed by atoms with Crippen LogP contribution in [-0.4, -0.2) is 59.7 Å². The van der Waals surface area contributed by atoms with Crippen LogP contribution in [0.4, 0.5) is 31.9 Å². The average Bonchev–Trinajstić information content (AvgIpc) is 3.01. The maximum Gasteiger partial charge on any atom is 0.230 e. The number of nitrogens with zero attached hydrogens (tertiary/aromatic N) is 4. The summed E-state index contributed by atoms with van der Waals surface area (Å²) >= 11 is 3.34. The number of aliphatic hydroxyl groups excluding tert-OH is 1. The number of anilines is 4. The molecule has 2 aromatic rings. The first-order valence-corrected chi connectivity index (χ1v) is 10.1. The van der Waals surface area contributed by atoms with Gasteiger partial charge < -0.3 is 20.2 Å². The van der Waals surface area contributed by atoms with Gasteiger partial charge in [0.05, 0.1) is 19.2 Å². The molecular formula is C19H22BrF2N5O. The number of piperidine rings is 1. The lowest BCUT2D eigenvalue weighted by atomic mass is 10.1. The summed E-state index contributed by atoms with van der Waals surface area (Å²) in [6.07, 6.45) is -1.44. The molecule has 1 aromatic heterocycles. The van der Waals surface area contributed by atoms with Gasteiger partial charge in [0.1, 0.15) is 10.4 Å². The smallest absolute Gasteiger partial charge is 0.230 e. The number of aliphatic hydroxyl groups is 1. The summed E-state index contributed by atoms with van der Waals surface area (Å²) in [6.45, 7) is 1.55. The van der Waals surface area contributed by atoms with Gasteiger partial charge in [0, 0.05) is 30.5 Å². The number of hydrogen-bond donors (Lipinski definition) is 2. The van der Waals surface area contributed by atoms with E-state index in [2.05, 4.69) is 36.1 Å². The standard InChI is InChI=1S/C19H22BrF2N5O/c20-17-8-18(27-10-15(21)16(22)11-27)25-19(24-17)23-12-3-5-13(6-4-12)26-7-1-2-14(28)9-26/h3-6,8,14-16,28H,1-2,7,9-11H2,(H,23,24,25)/t14?,15-,16-/m0/s1. The van der Waals surface area contributed by atoms with Gasteiger partial charge in [0.2, 0.25) is 5.95 Å². The second-order valence-electron chi connectivity index (χ2n) is 7.22. The molecule has 1 unspecified atom stereocenters. The molecule has 0 saturated carbocycles. The van der Waals surface area contributed by atoms with E-state index < -0.39 is 12.3 Å². The van der Waals surface area contributed by atoms with Crippen LogP contribution in [0.5, 0.6) is 0 Å². The lowest BCUT2D eigenvalue weighted by molar-refractivity contribution is 0.154. The van der Waals surface area contributed by atoms with E-state index in [1.54, 1.807) is 11.0 Å². The molecule has 9 heteroatoms. The Kier molecular flexibility index (Phi) is 5.63. The van der Waals surface area contributed by atoms with Crippen molar-refractivity contribution < 1.29 is 13.9 Å². The summed E-state index contributed by atoms with van der Waals surface area (Å²) in [5, 5.41) is 13.0. The SMILES string of the molecule is OC1CCCN(c2ccc(Nc3nc(Br)cc(N4C[C@H](F)[C@@H](F)C4)n3)cc2)C1. The van der Waals surface area contributed by atoms with Crippen molar-refractivity contribution in [1.29, 1.82) is 0 Å². The van der Waals surface area contributed by atoms with E-state index in [4.69, 9.17) is 0 Å². The predicted molar refractivity (Wildman–Crippen MR) is 109 cm³/mol.